The van der Waals surface area contributed by atoms with Gasteiger partial charge in [0, 0.05) is 37.8 Å². The van der Waals surface area contributed by atoms with Gasteiger partial charge in [-0.2, -0.15) is 0 Å². The molecule has 26 nitrogen and oxygen atoms in total. The van der Waals surface area contributed by atoms with E-state index in [9.17, 15) is 47.9 Å². The van der Waals surface area contributed by atoms with Crippen LogP contribution in [0.4, 0.5) is 0 Å². The van der Waals surface area contributed by atoms with Gasteiger partial charge in [0.05, 0.1) is 46.6 Å². The third-order valence-electron chi connectivity index (χ3n) is 18.5. The lowest BCUT2D eigenvalue weighted by atomic mass is 10.1. The predicted octanol–water partition coefficient (Wildman–Crippen LogP) is 15.5. The number of rotatable bonds is 40. The second-order valence-corrected chi connectivity index (χ2v) is 27.4. The molecule has 4 atom stereocenters. The fourth-order valence-corrected chi connectivity index (χ4v) is 12.3. The van der Waals surface area contributed by atoms with Crippen LogP contribution in [0.1, 0.15) is 110 Å². The first-order valence-electron chi connectivity index (χ1n) is 38.7. The van der Waals surface area contributed by atoms with Crippen molar-refractivity contribution in [1.82, 2.24) is 0 Å². The van der Waals surface area contributed by atoms with Crippen LogP contribution in [0.3, 0.4) is 0 Å². The van der Waals surface area contributed by atoms with Crippen molar-refractivity contribution in [3.05, 3.63) is 337 Å². The summed E-state index contributed by atoms with van der Waals surface area (Å²) >= 11 is 0. The highest BCUT2D eigenvalue weighted by Crippen LogP contribution is 2.35. The molecule has 2 heterocycles. The number of hydrogen-bond donors (Lipinski definition) is 0. The predicted molar refractivity (Wildman–Crippen MR) is 441 cm³/mol. The molecular weight excluding hydrogens is 1570 g/mol. The number of aryl methyl sites for hydroxylation is 4. The van der Waals surface area contributed by atoms with Crippen molar-refractivity contribution in [3.8, 4) is 69.0 Å². The van der Waals surface area contributed by atoms with Gasteiger partial charge in [-0.25, -0.2) is 28.8 Å². The van der Waals surface area contributed by atoms with Crippen molar-refractivity contribution in [2.75, 3.05) is 39.6 Å². The SMILES string of the molecule is C=CCOc1ccc(CCC(=O)Oc2ccc(C(=O)Oc3cc(OC(=O)c4ccc(OC(=O)CCc5ccc(OCC=C)cc5)cc4)cc(C(=O)O[C@H]4CO[C@H]5[C@@H]4OC[C@H]5OC(=O)c4cc(OC(=O)c5ccc(OC(=O)CCc6ccc(OCC=C)cc6)cc5)cc(OC(=O)c5ccc(OC(=O)CCc6ccc(OCC=C)cc6)cc5)c4)c3)cc2)cc1. The molecule has 122 heavy (non-hydrogen) atoms. The first kappa shape index (κ1) is 86.3. The second-order valence-electron chi connectivity index (χ2n) is 27.4. The van der Waals surface area contributed by atoms with Crippen LogP contribution in [0, 0.1) is 0 Å². The highest BCUT2D eigenvalue weighted by atomic mass is 16.7. The van der Waals surface area contributed by atoms with E-state index in [0.29, 0.717) is 75.1 Å². The third kappa shape index (κ3) is 25.5. The van der Waals surface area contributed by atoms with E-state index in [1.807, 2.05) is 48.5 Å². The monoisotopic (exact) mass is 1650 g/mol. The first-order chi connectivity index (χ1) is 59.3. The van der Waals surface area contributed by atoms with Crippen LogP contribution in [0.2, 0.25) is 0 Å². The zero-order valence-corrected chi connectivity index (χ0v) is 65.9. The van der Waals surface area contributed by atoms with Gasteiger partial charge in [0.2, 0.25) is 0 Å². The van der Waals surface area contributed by atoms with Crippen LogP contribution in [0.15, 0.2) is 281 Å². The first-order valence-corrected chi connectivity index (χ1v) is 38.7. The number of carbonyl (C=O) groups is 10. The molecule has 0 aliphatic carbocycles. The Morgan fingerprint density at radius 3 is 0.680 bits per heavy atom. The van der Waals surface area contributed by atoms with Gasteiger partial charge >= 0.3 is 59.7 Å². The molecule has 2 aliphatic heterocycles. The van der Waals surface area contributed by atoms with Crippen LogP contribution >= 0.6 is 0 Å². The molecule has 2 aliphatic rings. The Balaban J connectivity index is 0.706. The summed E-state index contributed by atoms with van der Waals surface area (Å²) < 4.78 is 91.5. The van der Waals surface area contributed by atoms with Gasteiger partial charge in [0.25, 0.3) is 0 Å². The summed E-state index contributed by atoms with van der Waals surface area (Å²) in [5.41, 5.74) is 2.91. The number of carbonyl (C=O) groups excluding carboxylic acids is 10. The van der Waals surface area contributed by atoms with Crippen LogP contribution in [-0.2, 0) is 63.8 Å². The molecule has 0 bridgehead atoms. The molecule has 2 fully saturated rings. The number of hydrogen-bond acceptors (Lipinski definition) is 26. The van der Waals surface area contributed by atoms with Crippen molar-refractivity contribution in [3.63, 3.8) is 0 Å². The minimum absolute atomic E-state index is 0.00731. The average molecular weight is 1650 g/mol. The molecule has 0 unspecified atom stereocenters. The molecule has 12 rings (SSSR count). The summed E-state index contributed by atoms with van der Waals surface area (Å²) in [6.45, 7) is 15.4. The zero-order chi connectivity index (χ0) is 85.7. The van der Waals surface area contributed by atoms with E-state index in [1.54, 1.807) is 72.8 Å². The minimum atomic E-state index is -1.16. The normalized spacial score (nSPS) is 14.1. The minimum Gasteiger partial charge on any atom is -0.490 e. The number of esters is 10. The lowest BCUT2D eigenvalue weighted by Gasteiger charge is -2.18. The van der Waals surface area contributed by atoms with Crippen molar-refractivity contribution in [2.45, 2.75) is 75.8 Å². The van der Waals surface area contributed by atoms with Gasteiger partial charge in [0.15, 0.2) is 12.2 Å². The average Bonchev–Trinajstić information content (AvgIpc) is 1.64. The van der Waals surface area contributed by atoms with E-state index in [-0.39, 0.29) is 118 Å². The van der Waals surface area contributed by atoms with E-state index in [2.05, 4.69) is 26.3 Å². The summed E-state index contributed by atoms with van der Waals surface area (Å²) in [6, 6.07) is 58.1. The smallest absolute Gasteiger partial charge is 0.343 e. The highest BCUT2D eigenvalue weighted by Gasteiger charge is 2.51. The molecule has 0 aromatic heterocycles. The lowest BCUT2D eigenvalue weighted by Crippen LogP contribution is -2.36. The lowest BCUT2D eigenvalue weighted by molar-refractivity contribution is -0.135. The fourth-order valence-electron chi connectivity index (χ4n) is 12.3. The topological polar surface area (TPSA) is 318 Å². The van der Waals surface area contributed by atoms with E-state index in [0.717, 1.165) is 22.3 Å². The largest absolute Gasteiger partial charge is 0.490 e. The van der Waals surface area contributed by atoms with Crippen molar-refractivity contribution >= 4 is 59.7 Å². The quantitative estimate of drug-likeness (QED) is 0.0196. The summed E-state index contributed by atoms with van der Waals surface area (Å²) in [7, 11) is 0. The molecule has 26 heteroatoms. The molecule has 0 radical (unpaired) electrons. The van der Waals surface area contributed by atoms with Crippen LogP contribution in [0.25, 0.3) is 0 Å². The van der Waals surface area contributed by atoms with Crippen LogP contribution in [-0.4, -0.2) is 124 Å². The molecule has 2 saturated heterocycles. The molecular formula is C96H82O26. The zero-order valence-electron chi connectivity index (χ0n) is 65.9. The van der Waals surface area contributed by atoms with Gasteiger partial charge in [-0.05, 0) is 218 Å². The molecule has 0 N–H and O–H groups in total. The van der Waals surface area contributed by atoms with Crippen molar-refractivity contribution in [1.29, 1.82) is 0 Å². The maximum atomic E-state index is 14.4. The third-order valence-corrected chi connectivity index (χ3v) is 18.5. The van der Waals surface area contributed by atoms with E-state index >= 15 is 0 Å². The van der Waals surface area contributed by atoms with Gasteiger partial charge in [-0.15, -0.1) is 0 Å². The van der Waals surface area contributed by atoms with Crippen molar-refractivity contribution < 1.29 is 124 Å². The number of fused-ring (bicyclic) bond motifs is 1. The Bertz CT molecular complexity index is 4770. The fraction of sp³-hybridized carbons (Fsp3) is 0.188. The molecule has 10 aromatic rings. The van der Waals surface area contributed by atoms with Gasteiger partial charge < -0.3 is 75.8 Å². The number of benzene rings is 10. The van der Waals surface area contributed by atoms with E-state index < -0.39 is 84.1 Å². The maximum Gasteiger partial charge on any atom is 0.343 e. The Morgan fingerprint density at radius 2 is 0.467 bits per heavy atom. The van der Waals surface area contributed by atoms with Gasteiger partial charge in [0.1, 0.15) is 108 Å². The Morgan fingerprint density at radius 1 is 0.254 bits per heavy atom. The molecule has 0 amide bonds. The summed E-state index contributed by atoms with van der Waals surface area (Å²) in [6.07, 6.45) is 3.80. The Labute approximate surface area is 701 Å². The summed E-state index contributed by atoms with van der Waals surface area (Å²) in [5.74, 6) is -5.89. The Hall–Kier alpha value is -15.0. The van der Waals surface area contributed by atoms with Crippen molar-refractivity contribution in [2.24, 2.45) is 0 Å². The van der Waals surface area contributed by atoms with Gasteiger partial charge in [-0.3, -0.25) is 19.2 Å². The van der Waals surface area contributed by atoms with Crippen LogP contribution in [0.5, 0.6) is 69.0 Å². The summed E-state index contributed by atoms with van der Waals surface area (Å²) in [5, 5.41) is 0. The molecule has 0 spiro atoms. The van der Waals surface area contributed by atoms with E-state index in [4.69, 9.17) is 75.8 Å². The summed E-state index contributed by atoms with van der Waals surface area (Å²) in [4.78, 5) is 136. The molecule has 622 valence electrons. The van der Waals surface area contributed by atoms with Crippen LogP contribution < -0.4 is 56.8 Å². The number of ether oxygens (including phenoxy) is 16. The Kier molecular flexibility index (Phi) is 30.4. The van der Waals surface area contributed by atoms with Gasteiger partial charge in [-0.1, -0.05) is 99.2 Å². The van der Waals surface area contributed by atoms with E-state index in [1.165, 1.54) is 133 Å². The second kappa shape index (κ2) is 42.9. The standard InChI is InChI=1S/C96H82O26/c1-5-49-107-71-29-9-61(10-30-71)17-45-85(97)113-75-37-21-65(22-38-75)91(101)117-79-53-69(54-80(57-79)118-92(102)66-23-39-76(40-24-66)114-86(98)46-18-62-11-31-72(32-12-62)108-50-6-2)95(105)121-83-59-111-90-84(60-112-89(83)90)122-96(106)70-55-81(119-93(103)67-25-41-77(42-26-67)115-87(99)47-19-63-13-33-73(34-14-63)109-51-7-3)58-82(56-70)120-94(104)68-27-43-78(44-28-68)116-88(100)48-20-64-15-35-74(36-16-64)110-52-8-4/h5-16,21-44,53-58,83-84,89-90H,1-4,17-20,45-52,59-60H2/t83-,84+,89-,90-/m1/s1. The highest BCUT2D eigenvalue weighted by molar-refractivity contribution is 5.97. The molecule has 10 aromatic carbocycles. The maximum absolute atomic E-state index is 14.4. The molecule has 0 saturated carbocycles.